The van der Waals surface area contributed by atoms with Crippen LogP contribution in [0.5, 0.6) is 0 Å². The van der Waals surface area contributed by atoms with Gasteiger partial charge in [0, 0.05) is 35.8 Å². The molecule has 2 heteroatoms. The molecule has 3 aliphatic rings. The van der Waals surface area contributed by atoms with Crippen LogP contribution in [0.25, 0.3) is 43.8 Å². The lowest BCUT2D eigenvalue weighted by atomic mass is 9.85. The Morgan fingerprint density at radius 1 is 0.521 bits per heavy atom. The Bertz CT molecular complexity index is 2250. The van der Waals surface area contributed by atoms with E-state index in [1.165, 1.54) is 108 Å². The molecule has 0 N–H and O–H groups in total. The van der Waals surface area contributed by atoms with Crippen molar-refractivity contribution in [3.05, 3.63) is 149 Å². The van der Waals surface area contributed by atoms with Gasteiger partial charge in [-0.25, -0.2) is 0 Å². The van der Waals surface area contributed by atoms with Crippen LogP contribution in [0.3, 0.4) is 0 Å². The molecular weight excluding hydrogens is 581 g/mol. The van der Waals surface area contributed by atoms with E-state index in [1.54, 1.807) is 0 Å². The fraction of sp³-hybridized carbons (Fsp3) is 0.217. The average molecular weight is 623 g/mol. The standard InChI is InChI=1S/C46H42N2/c1-31-15-19-35(20-16-31)45-39-25-23-38(48-28-8-12-34-10-4-6-14-44(34)48)30-42(39)46(36-21-17-32(2)18-22-36)40-26-24-37(29-41(40)45)47-27-7-11-33-9-3-5-13-43(33)47/h3-5,9-10,13,15-26,29-30H,6-8,11-12,14,27-28H2,1-2H3. The number of hydrogen-bond donors (Lipinski definition) is 0. The third-order valence-corrected chi connectivity index (χ3v) is 10.9. The van der Waals surface area contributed by atoms with Crippen LogP contribution in [0.15, 0.2) is 133 Å². The van der Waals surface area contributed by atoms with Gasteiger partial charge in [-0.05, 0) is 138 Å². The zero-order valence-electron chi connectivity index (χ0n) is 28.1. The van der Waals surface area contributed by atoms with E-state index in [2.05, 4.69) is 145 Å². The highest BCUT2D eigenvalue weighted by Crippen LogP contribution is 2.47. The summed E-state index contributed by atoms with van der Waals surface area (Å²) in [5.74, 6) is 0. The summed E-state index contributed by atoms with van der Waals surface area (Å²) in [5.41, 5.74) is 16.2. The maximum Gasteiger partial charge on any atom is 0.0443 e. The van der Waals surface area contributed by atoms with Gasteiger partial charge in [0.05, 0.1) is 0 Å². The molecule has 2 heterocycles. The average Bonchev–Trinajstić information content (AvgIpc) is 3.14. The van der Waals surface area contributed by atoms with Crippen molar-refractivity contribution in [1.82, 2.24) is 0 Å². The van der Waals surface area contributed by atoms with Gasteiger partial charge in [-0.3, -0.25) is 0 Å². The Morgan fingerprint density at radius 2 is 1.10 bits per heavy atom. The summed E-state index contributed by atoms with van der Waals surface area (Å²) in [5, 5.41) is 5.27. The van der Waals surface area contributed by atoms with Crippen LogP contribution < -0.4 is 9.80 Å². The van der Waals surface area contributed by atoms with E-state index in [1.807, 2.05) is 0 Å². The summed E-state index contributed by atoms with van der Waals surface area (Å²) >= 11 is 0. The molecule has 6 aromatic carbocycles. The molecule has 0 amide bonds. The predicted molar refractivity (Wildman–Crippen MR) is 206 cm³/mol. The van der Waals surface area contributed by atoms with Crippen LogP contribution in [0.1, 0.15) is 48.8 Å². The molecule has 0 aromatic heterocycles. The SMILES string of the molecule is Cc1ccc(-c2c3ccc(N4CCCc5ccccc54)cc3c(-c3ccc(C)cc3)c3ccc(N4CCCC5=C4CCC=C5)cc23)cc1. The molecule has 0 unspecified atom stereocenters. The van der Waals surface area contributed by atoms with Crippen LogP contribution in [-0.2, 0) is 6.42 Å². The summed E-state index contributed by atoms with van der Waals surface area (Å²) < 4.78 is 0. The van der Waals surface area contributed by atoms with Crippen molar-refractivity contribution in [2.45, 2.75) is 52.4 Å². The van der Waals surface area contributed by atoms with E-state index in [0.29, 0.717) is 0 Å². The van der Waals surface area contributed by atoms with Crippen molar-refractivity contribution in [3.63, 3.8) is 0 Å². The van der Waals surface area contributed by atoms with Gasteiger partial charge < -0.3 is 9.80 Å². The Morgan fingerprint density at radius 3 is 1.77 bits per heavy atom. The van der Waals surface area contributed by atoms with E-state index in [-0.39, 0.29) is 0 Å². The van der Waals surface area contributed by atoms with Crippen molar-refractivity contribution >= 4 is 38.6 Å². The molecule has 0 radical (unpaired) electrons. The molecule has 6 aromatic rings. The molecule has 48 heavy (non-hydrogen) atoms. The normalized spacial score (nSPS) is 16.0. The smallest absolute Gasteiger partial charge is 0.0443 e. The number of anilines is 3. The molecule has 0 atom stereocenters. The molecule has 0 bridgehead atoms. The summed E-state index contributed by atoms with van der Waals surface area (Å²) in [6.07, 6.45) is 11.7. The molecule has 0 saturated heterocycles. The van der Waals surface area contributed by atoms with Crippen LogP contribution >= 0.6 is 0 Å². The Balaban J connectivity index is 1.34. The van der Waals surface area contributed by atoms with Crippen LogP contribution in [0.2, 0.25) is 0 Å². The molecule has 9 rings (SSSR count). The first-order valence-electron chi connectivity index (χ1n) is 17.8. The number of nitrogens with zero attached hydrogens (tertiary/aromatic N) is 2. The van der Waals surface area contributed by atoms with Crippen LogP contribution in [-0.4, -0.2) is 13.1 Å². The molecular formula is C46H42N2. The third-order valence-electron chi connectivity index (χ3n) is 10.9. The highest BCUT2D eigenvalue weighted by Gasteiger charge is 2.25. The van der Waals surface area contributed by atoms with E-state index in [0.717, 1.165) is 32.4 Å². The minimum Gasteiger partial charge on any atom is -0.345 e. The van der Waals surface area contributed by atoms with Gasteiger partial charge in [-0.1, -0.05) is 102 Å². The molecule has 0 saturated carbocycles. The number of fused-ring (bicyclic) bond motifs is 3. The number of allylic oxidation sites excluding steroid dienone is 4. The first kappa shape index (κ1) is 29.1. The Labute approximate surface area is 284 Å². The fourth-order valence-electron chi connectivity index (χ4n) is 8.49. The minimum atomic E-state index is 1.03. The van der Waals surface area contributed by atoms with Gasteiger partial charge in [-0.15, -0.1) is 0 Å². The fourth-order valence-corrected chi connectivity index (χ4v) is 8.49. The zero-order chi connectivity index (χ0) is 32.2. The van der Waals surface area contributed by atoms with Crippen molar-refractivity contribution in [1.29, 1.82) is 0 Å². The van der Waals surface area contributed by atoms with Crippen molar-refractivity contribution in [2.24, 2.45) is 0 Å². The lowest BCUT2D eigenvalue weighted by Crippen LogP contribution is -2.29. The zero-order valence-corrected chi connectivity index (χ0v) is 28.1. The second kappa shape index (κ2) is 11.9. The number of aryl methyl sites for hydroxylation is 3. The summed E-state index contributed by atoms with van der Waals surface area (Å²) in [7, 11) is 0. The summed E-state index contributed by atoms with van der Waals surface area (Å²) in [6, 6.07) is 41.9. The van der Waals surface area contributed by atoms with E-state index in [4.69, 9.17) is 0 Å². The van der Waals surface area contributed by atoms with Crippen LogP contribution in [0.4, 0.5) is 17.1 Å². The highest BCUT2D eigenvalue weighted by atomic mass is 15.2. The first-order valence-corrected chi connectivity index (χ1v) is 17.8. The minimum absolute atomic E-state index is 1.03. The monoisotopic (exact) mass is 622 g/mol. The van der Waals surface area contributed by atoms with Crippen molar-refractivity contribution in [3.8, 4) is 22.3 Å². The maximum absolute atomic E-state index is 2.62. The van der Waals surface area contributed by atoms with Gasteiger partial charge >= 0.3 is 0 Å². The summed E-state index contributed by atoms with van der Waals surface area (Å²) in [4.78, 5) is 5.16. The maximum atomic E-state index is 2.62. The number of para-hydroxylation sites is 1. The molecule has 2 aliphatic heterocycles. The number of benzene rings is 6. The van der Waals surface area contributed by atoms with Gasteiger partial charge in [0.15, 0.2) is 0 Å². The van der Waals surface area contributed by atoms with Gasteiger partial charge in [0.2, 0.25) is 0 Å². The summed E-state index contributed by atoms with van der Waals surface area (Å²) in [6.45, 7) is 6.48. The number of hydrogen-bond acceptors (Lipinski definition) is 2. The molecule has 0 fully saturated rings. The number of rotatable bonds is 4. The van der Waals surface area contributed by atoms with E-state index < -0.39 is 0 Å². The second-order valence-corrected chi connectivity index (χ2v) is 14.0. The molecule has 1 aliphatic carbocycles. The van der Waals surface area contributed by atoms with E-state index in [9.17, 15) is 0 Å². The first-order chi connectivity index (χ1) is 23.6. The quantitative estimate of drug-likeness (QED) is 0.181. The topological polar surface area (TPSA) is 6.48 Å². The lowest BCUT2D eigenvalue weighted by Gasteiger charge is -2.35. The largest absolute Gasteiger partial charge is 0.345 e. The molecule has 236 valence electrons. The van der Waals surface area contributed by atoms with E-state index >= 15 is 0 Å². The van der Waals surface area contributed by atoms with Gasteiger partial charge in [0.25, 0.3) is 0 Å². The van der Waals surface area contributed by atoms with Crippen molar-refractivity contribution in [2.75, 3.05) is 22.9 Å². The van der Waals surface area contributed by atoms with Crippen LogP contribution in [0, 0.1) is 13.8 Å². The lowest BCUT2D eigenvalue weighted by molar-refractivity contribution is 0.692. The predicted octanol–water partition coefficient (Wildman–Crippen LogP) is 12.2. The highest BCUT2D eigenvalue weighted by molar-refractivity contribution is 6.22. The molecule has 2 nitrogen and oxygen atoms in total. The Kier molecular flexibility index (Phi) is 7.19. The van der Waals surface area contributed by atoms with Gasteiger partial charge in [0.1, 0.15) is 0 Å². The second-order valence-electron chi connectivity index (χ2n) is 14.0. The third kappa shape index (κ3) is 4.94. The Hall–Kier alpha value is -5.08. The van der Waals surface area contributed by atoms with Gasteiger partial charge in [-0.2, -0.15) is 0 Å². The molecule has 0 spiro atoms. The van der Waals surface area contributed by atoms with Crippen molar-refractivity contribution < 1.29 is 0 Å².